The van der Waals surface area contributed by atoms with E-state index < -0.39 is 5.41 Å². The van der Waals surface area contributed by atoms with Crippen molar-refractivity contribution in [2.45, 2.75) is 37.1 Å². The molecule has 1 saturated heterocycles. The number of rotatable bonds is 6. The number of likely N-dealkylation sites (tertiary alicyclic amines) is 1. The number of anilines is 1. The molecule has 3 heterocycles. The number of amides is 1. The summed E-state index contributed by atoms with van der Waals surface area (Å²) in [7, 11) is 0. The number of nitrogens with zero attached hydrogens (tertiary/aromatic N) is 2. The molecule has 1 aromatic heterocycles. The van der Waals surface area contributed by atoms with Crippen molar-refractivity contribution in [3.63, 3.8) is 0 Å². The van der Waals surface area contributed by atoms with Gasteiger partial charge in [0.1, 0.15) is 0 Å². The average molecular weight is 482 g/mol. The molecule has 0 unspecified atom stereocenters. The highest BCUT2D eigenvalue weighted by molar-refractivity contribution is 7.15. The van der Waals surface area contributed by atoms with Gasteiger partial charge in [0, 0.05) is 16.1 Å². The zero-order chi connectivity index (χ0) is 22.4. The lowest BCUT2D eigenvalue weighted by Crippen LogP contribution is -2.27. The minimum atomic E-state index is -0.524. The fraction of sp³-hybridized carbons (Fsp3) is 0.360. The number of halogens is 1. The number of ether oxygens (including phenoxy) is 2. The second-order valence-electron chi connectivity index (χ2n) is 8.84. The van der Waals surface area contributed by atoms with Gasteiger partial charge in [-0.25, -0.2) is 4.98 Å². The van der Waals surface area contributed by atoms with Gasteiger partial charge in [-0.1, -0.05) is 47.2 Å². The number of aromatic nitrogens is 1. The molecule has 0 spiro atoms. The van der Waals surface area contributed by atoms with Crippen LogP contribution in [-0.2, 0) is 10.2 Å². The summed E-state index contributed by atoms with van der Waals surface area (Å²) >= 11 is 8.11. The van der Waals surface area contributed by atoms with Crippen molar-refractivity contribution in [2.24, 2.45) is 0 Å². The Balaban J connectivity index is 1.25. The molecule has 1 amide bonds. The third kappa shape index (κ3) is 3.78. The normalized spacial score (nSPS) is 19.4. The molecule has 1 atom stereocenters. The number of thiazole rings is 1. The van der Waals surface area contributed by atoms with Crippen LogP contribution in [-0.4, -0.2) is 35.7 Å². The second-order valence-corrected chi connectivity index (χ2v) is 10.3. The van der Waals surface area contributed by atoms with E-state index in [-0.39, 0.29) is 18.7 Å². The standard InChI is InChI=1S/C25H24ClN3O3S/c26-18-6-2-1-5-17(18)22(29-11-3-4-12-29)21-14-27-24(33-21)28-23(30)25(9-10-25)16-7-8-19-20(13-16)32-15-31-19/h1-2,5-8,13-14,22H,3-4,9-12,15H2,(H,27,28,30)/t22-/m0/s1. The van der Waals surface area contributed by atoms with E-state index in [0.29, 0.717) is 10.9 Å². The van der Waals surface area contributed by atoms with Crippen LogP contribution in [0.3, 0.4) is 0 Å². The Morgan fingerprint density at radius 3 is 2.70 bits per heavy atom. The molecule has 2 aromatic carbocycles. The summed E-state index contributed by atoms with van der Waals surface area (Å²) in [5, 5.41) is 4.47. The number of hydrogen-bond donors (Lipinski definition) is 1. The first-order valence-electron chi connectivity index (χ1n) is 11.3. The third-order valence-electron chi connectivity index (χ3n) is 6.83. The largest absolute Gasteiger partial charge is 0.454 e. The molecule has 1 saturated carbocycles. The summed E-state index contributed by atoms with van der Waals surface area (Å²) < 4.78 is 10.9. The van der Waals surface area contributed by atoms with E-state index in [0.717, 1.165) is 52.7 Å². The Kier molecular flexibility index (Phi) is 5.28. The maximum Gasteiger partial charge on any atom is 0.236 e. The molecule has 1 N–H and O–H groups in total. The molecule has 33 heavy (non-hydrogen) atoms. The Bertz CT molecular complexity index is 1200. The smallest absolute Gasteiger partial charge is 0.236 e. The van der Waals surface area contributed by atoms with Crippen LogP contribution in [0.1, 0.15) is 47.7 Å². The topological polar surface area (TPSA) is 63.7 Å². The average Bonchev–Trinajstić information content (AvgIpc) is 3.19. The van der Waals surface area contributed by atoms with Gasteiger partial charge in [0.25, 0.3) is 0 Å². The fourth-order valence-corrected chi connectivity index (χ4v) is 6.08. The Hall–Kier alpha value is -2.61. The predicted molar refractivity (Wildman–Crippen MR) is 128 cm³/mol. The number of hydrogen-bond acceptors (Lipinski definition) is 6. The molecule has 2 fully saturated rings. The molecule has 6 nitrogen and oxygen atoms in total. The van der Waals surface area contributed by atoms with E-state index in [4.69, 9.17) is 21.1 Å². The van der Waals surface area contributed by atoms with Gasteiger partial charge in [0.05, 0.1) is 11.5 Å². The van der Waals surface area contributed by atoms with Crippen LogP contribution in [0.15, 0.2) is 48.7 Å². The lowest BCUT2D eigenvalue weighted by molar-refractivity contribution is -0.118. The molecule has 170 valence electrons. The molecule has 1 aliphatic carbocycles. The van der Waals surface area contributed by atoms with E-state index >= 15 is 0 Å². The zero-order valence-corrected chi connectivity index (χ0v) is 19.6. The van der Waals surface area contributed by atoms with Gasteiger partial charge in [-0.3, -0.25) is 9.69 Å². The molecule has 8 heteroatoms. The van der Waals surface area contributed by atoms with Crippen LogP contribution in [0.2, 0.25) is 5.02 Å². The van der Waals surface area contributed by atoms with Gasteiger partial charge >= 0.3 is 0 Å². The van der Waals surface area contributed by atoms with Crippen LogP contribution < -0.4 is 14.8 Å². The maximum absolute atomic E-state index is 13.3. The Labute approximate surface area is 201 Å². The summed E-state index contributed by atoms with van der Waals surface area (Å²) in [6, 6.07) is 13.8. The first-order valence-corrected chi connectivity index (χ1v) is 12.5. The van der Waals surface area contributed by atoms with Gasteiger partial charge in [-0.2, -0.15) is 0 Å². The summed E-state index contributed by atoms with van der Waals surface area (Å²) in [5.74, 6) is 1.42. The molecular weight excluding hydrogens is 458 g/mol. The summed E-state index contributed by atoms with van der Waals surface area (Å²) in [6.07, 6.45) is 5.87. The van der Waals surface area contributed by atoms with E-state index in [1.165, 1.54) is 24.2 Å². The highest BCUT2D eigenvalue weighted by atomic mass is 35.5. The number of carbonyl (C=O) groups is 1. The quantitative estimate of drug-likeness (QED) is 0.512. The summed E-state index contributed by atoms with van der Waals surface area (Å²) in [4.78, 5) is 21.4. The highest BCUT2D eigenvalue weighted by Crippen LogP contribution is 2.51. The number of benzene rings is 2. The van der Waals surface area contributed by atoms with Gasteiger partial charge < -0.3 is 14.8 Å². The lowest BCUT2D eigenvalue weighted by atomic mass is 9.94. The monoisotopic (exact) mass is 481 g/mol. The van der Waals surface area contributed by atoms with Crippen LogP contribution in [0.25, 0.3) is 0 Å². The van der Waals surface area contributed by atoms with Gasteiger partial charge in [-0.15, -0.1) is 0 Å². The third-order valence-corrected chi connectivity index (χ3v) is 8.14. The van der Waals surface area contributed by atoms with Crippen molar-refractivity contribution < 1.29 is 14.3 Å². The van der Waals surface area contributed by atoms with Gasteiger partial charge in [0.15, 0.2) is 16.6 Å². The molecule has 6 rings (SSSR count). The minimum Gasteiger partial charge on any atom is -0.454 e. The number of nitrogens with one attached hydrogen (secondary N) is 1. The zero-order valence-electron chi connectivity index (χ0n) is 18.1. The van der Waals surface area contributed by atoms with E-state index in [9.17, 15) is 4.79 Å². The van der Waals surface area contributed by atoms with Crippen molar-refractivity contribution in [1.29, 1.82) is 0 Å². The van der Waals surface area contributed by atoms with E-state index in [2.05, 4.69) is 21.3 Å². The minimum absolute atomic E-state index is 0.0160. The lowest BCUT2D eigenvalue weighted by Gasteiger charge is -2.27. The molecule has 3 aliphatic rings. The molecule has 3 aromatic rings. The molecule has 2 aliphatic heterocycles. The number of fused-ring (bicyclic) bond motifs is 1. The van der Waals surface area contributed by atoms with Crippen molar-refractivity contribution >= 4 is 34.0 Å². The molecule has 0 radical (unpaired) electrons. The van der Waals surface area contributed by atoms with Crippen molar-refractivity contribution in [2.75, 3.05) is 25.2 Å². The van der Waals surface area contributed by atoms with Crippen molar-refractivity contribution in [1.82, 2.24) is 9.88 Å². The maximum atomic E-state index is 13.3. The van der Waals surface area contributed by atoms with Crippen molar-refractivity contribution in [3.05, 3.63) is 69.7 Å². The van der Waals surface area contributed by atoms with Crippen LogP contribution in [0.4, 0.5) is 5.13 Å². The van der Waals surface area contributed by atoms with Crippen LogP contribution in [0.5, 0.6) is 11.5 Å². The molecular formula is C25H24ClN3O3S. The Morgan fingerprint density at radius 1 is 1.12 bits per heavy atom. The van der Waals surface area contributed by atoms with Crippen LogP contribution >= 0.6 is 22.9 Å². The number of carbonyl (C=O) groups excluding carboxylic acids is 1. The van der Waals surface area contributed by atoms with E-state index in [1.54, 1.807) is 0 Å². The van der Waals surface area contributed by atoms with Crippen molar-refractivity contribution in [3.8, 4) is 11.5 Å². The van der Waals surface area contributed by atoms with Crippen LogP contribution in [0, 0.1) is 0 Å². The second kappa shape index (κ2) is 8.31. The van der Waals surface area contributed by atoms with Gasteiger partial charge in [-0.05, 0) is 68.1 Å². The first-order chi connectivity index (χ1) is 16.1. The van der Waals surface area contributed by atoms with Gasteiger partial charge in [0.2, 0.25) is 12.7 Å². The first kappa shape index (κ1) is 21.0. The summed E-state index contributed by atoms with van der Waals surface area (Å²) in [6.45, 7) is 2.29. The highest BCUT2D eigenvalue weighted by Gasteiger charge is 2.52. The fourth-order valence-electron chi connectivity index (χ4n) is 4.88. The molecule has 0 bridgehead atoms. The Morgan fingerprint density at radius 2 is 1.91 bits per heavy atom. The SMILES string of the molecule is O=C(Nc1ncc([C@H](c2ccccc2Cl)N2CCCC2)s1)C1(c2ccc3c(c2)OCO3)CC1. The summed E-state index contributed by atoms with van der Waals surface area (Å²) in [5.41, 5.74) is 1.53. The predicted octanol–water partition coefficient (Wildman–Crippen LogP) is 5.38. The van der Waals surface area contributed by atoms with E-state index in [1.807, 2.05) is 42.6 Å².